The van der Waals surface area contributed by atoms with Crippen LogP contribution in [0.1, 0.15) is 0 Å². The summed E-state index contributed by atoms with van der Waals surface area (Å²) < 4.78 is 0. The lowest BCUT2D eigenvalue weighted by molar-refractivity contribution is 1.25. The first-order chi connectivity index (χ1) is 6.93. The highest BCUT2D eigenvalue weighted by Crippen LogP contribution is 2.24. The molecule has 0 spiro atoms. The van der Waals surface area contributed by atoms with Crippen LogP contribution in [0.3, 0.4) is 0 Å². The van der Waals surface area contributed by atoms with Crippen LogP contribution in [0.4, 0.5) is 0 Å². The van der Waals surface area contributed by atoms with E-state index < -0.39 is 0 Å². The minimum Gasteiger partial charge on any atom is -0.254 e. The fourth-order valence-electron chi connectivity index (χ4n) is 1.40. The summed E-state index contributed by atoms with van der Waals surface area (Å²) >= 11 is 1.68. The molecular weight excluding hydrogens is 194 g/mol. The summed E-state index contributed by atoms with van der Waals surface area (Å²) in [4.78, 5) is 14.2. The number of hydrogen-bond acceptors (Lipinski definition) is 4. The summed E-state index contributed by atoms with van der Waals surface area (Å²) in [5.74, 6) is 1.59. The first-order valence-corrected chi connectivity index (χ1v) is 5.31. The van der Waals surface area contributed by atoms with E-state index in [0.29, 0.717) is 0 Å². The molecule has 1 aromatic rings. The van der Waals surface area contributed by atoms with Crippen molar-refractivity contribution < 1.29 is 0 Å². The van der Waals surface area contributed by atoms with Crippen molar-refractivity contribution in [2.45, 2.75) is 0 Å². The van der Waals surface area contributed by atoms with Crippen LogP contribution >= 0.6 is 11.8 Å². The van der Waals surface area contributed by atoms with E-state index in [-0.39, 0.29) is 0 Å². The fraction of sp³-hybridized carbons (Fsp3) is 0.100. The molecule has 0 saturated carbocycles. The predicted molar refractivity (Wildman–Crippen MR) is 56.7 cm³/mol. The fourth-order valence-corrected chi connectivity index (χ4v) is 2.09. The molecule has 3 nitrogen and oxygen atoms in total. The molecule has 68 valence electrons. The molecule has 0 amide bonds. The lowest BCUT2D eigenvalue weighted by atomic mass is 10.3. The molecule has 0 radical (unpaired) electrons. The molecule has 1 aromatic carbocycles. The Hall–Kier alpha value is -1.42. The molecule has 0 atom stereocenters. The van der Waals surface area contributed by atoms with E-state index in [2.05, 4.69) is 15.0 Å². The first-order valence-electron chi connectivity index (χ1n) is 4.33. The van der Waals surface area contributed by atoms with Gasteiger partial charge < -0.3 is 0 Å². The Kier molecular flexibility index (Phi) is 1.73. The Labute approximate surface area is 85.0 Å². The number of para-hydroxylation sites is 2. The monoisotopic (exact) mass is 201 g/mol. The van der Waals surface area contributed by atoms with Crippen molar-refractivity contribution >= 4 is 17.6 Å². The third kappa shape index (κ3) is 1.19. The molecule has 0 bridgehead atoms. The smallest absolute Gasteiger partial charge is 0.164 e. The van der Waals surface area contributed by atoms with Gasteiger partial charge in [0, 0.05) is 6.20 Å². The third-order valence-electron chi connectivity index (χ3n) is 2.08. The van der Waals surface area contributed by atoms with E-state index in [1.54, 1.807) is 11.8 Å². The number of rotatable bonds is 0. The molecule has 14 heavy (non-hydrogen) atoms. The summed E-state index contributed by atoms with van der Waals surface area (Å²) in [7, 11) is 0. The summed E-state index contributed by atoms with van der Waals surface area (Å²) in [6, 6.07) is 7.85. The number of fused-ring (bicyclic) bond motifs is 2. The minimum absolute atomic E-state index is 0.766. The second-order valence-corrected chi connectivity index (χ2v) is 3.96. The Bertz CT molecular complexity index is 557. The van der Waals surface area contributed by atoms with Gasteiger partial charge >= 0.3 is 0 Å². The van der Waals surface area contributed by atoms with Gasteiger partial charge in [0.1, 0.15) is 0 Å². The van der Waals surface area contributed by atoms with Gasteiger partial charge in [0.05, 0.1) is 21.5 Å². The largest absolute Gasteiger partial charge is 0.254 e. The zero-order valence-corrected chi connectivity index (χ0v) is 8.16. The van der Waals surface area contributed by atoms with Crippen molar-refractivity contribution in [3.05, 3.63) is 46.1 Å². The molecule has 4 heteroatoms. The summed E-state index contributed by atoms with van der Waals surface area (Å²) in [5, 5.41) is 1.82. The van der Waals surface area contributed by atoms with Crippen molar-refractivity contribution in [2.75, 3.05) is 5.88 Å². The van der Waals surface area contributed by atoms with Gasteiger partial charge in [-0.3, -0.25) is 9.98 Å². The van der Waals surface area contributed by atoms with E-state index >= 15 is 0 Å². The van der Waals surface area contributed by atoms with Gasteiger partial charge in [0.2, 0.25) is 0 Å². The summed E-state index contributed by atoms with van der Waals surface area (Å²) in [6.45, 7) is 0. The van der Waals surface area contributed by atoms with Gasteiger partial charge in [-0.25, -0.2) is 4.99 Å². The molecule has 0 unspecified atom stereocenters. The Morgan fingerprint density at radius 3 is 2.93 bits per heavy atom. The molecule has 3 rings (SSSR count). The van der Waals surface area contributed by atoms with Gasteiger partial charge in [-0.2, -0.15) is 0 Å². The SMILES string of the molecule is C1=C2SCN=C2N=c2ccccc2=N1. The van der Waals surface area contributed by atoms with Gasteiger partial charge in [0.15, 0.2) is 5.84 Å². The van der Waals surface area contributed by atoms with Gasteiger partial charge in [-0.05, 0) is 12.1 Å². The Morgan fingerprint density at radius 2 is 2.00 bits per heavy atom. The molecule has 0 saturated heterocycles. The normalized spacial score (nSPS) is 18.0. The number of amidine groups is 1. The quantitative estimate of drug-likeness (QED) is 0.614. The summed E-state index contributed by atoms with van der Waals surface area (Å²) in [5.41, 5.74) is 0. The number of nitrogens with zero attached hydrogens (tertiary/aromatic N) is 3. The molecule has 2 heterocycles. The second-order valence-electron chi connectivity index (χ2n) is 2.98. The second kappa shape index (κ2) is 3.06. The molecule has 0 aliphatic carbocycles. The standard InChI is InChI=1S/C10H7N3S/c1-2-4-8-7(3-1)11-5-9-10(13-8)12-6-14-9/h1-5H,6H2. The molecule has 0 aromatic heterocycles. The van der Waals surface area contributed by atoms with Crippen molar-refractivity contribution in [3.8, 4) is 0 Å². The molecule has 2 aliphatic rings. The highest BCUT2D eigenvalue weighted by atomic mass is 32.2. The van der Waals surface area contributed by atoms with E-state index in [9.17, 15) is 0 Å². The van der Waals surface area contributed by atoms with E-state index in [1.165, 1.54) is 0 Å². The van der Waals surface area contributed by atoms with Crippen LogP contribution in [-0.4, -0.2) is 11.7 Å². The molecule has 0 fully saturated rings. The van der Waals surface area contributed by atoms with Crippen LogP contribution in [-0.2, 0) is 0 Å². The van der Waals surface area contributed by atoms with Gasteiger partial charge in [-0.15, -0.1) is 0 Å². The summed E-state index contributed by atoms with van der Waals surface area (Å²) in [6.07, 6.45) is 1.85. The van der Waals surface area contributed by atoms with Crippen LogP contribution in [0.15, 0.2) is 50.3 Å². The Balaban J connectivity index is 2.35. The highest BCUT2D eigenvalue weighted by Gasteiger charge is 2.14. The zero-order valence-electron chi connectivity index (χ0n) is 7.34. The number of hydrogen-bond donors (Lipinski definition) is 0. The third-order valence-corrected chi connectivity index (χ3v) is 2.94. The number of thioether (sulfide) groups is 1. The lowest BCUT2D eigenvalue weighted by Crippen LogP contribution is -2.24. The topological polar surface area (TPSA) is 37.1 Å². The van der Waals surface area contributed by atoms with Crippen LogP contribution in [0.5, 0.6) is 0 Å². The number of aliphatic imine (C=N–C) groups is 1. The molecule has 2 aliphatic heterocycles. The van der Waals surface area contributed by atoms with E-state index in [1.807, 2.05) is 30.5 Å². The zero-order chi connectivity index (χ0) is 9.38. The van der Waals surface area contributed by atoms with Crippen molar-refractivity contribution in [3.63, 3.8) is 0 Å². The van der Waals surface area contributed by atoms with Crippen LogP contribution < -0.4 is 10.7 Å². The first kappa shape index (κ1) is 7.94. The van der Waals surface area contributed by atoms with E-state index in [0.717, 1.165) is 27.3 Å². The molecular formula is C10H7N3S. The van der Waals surface area contributed by atoms with Crippen molar-refractivity contribution in [1.29, 1.82) is 0 Å². The Morgan fingerprint density at radius 1 is 1.14 bits per heavy atom. The van der Waals surface area contributed by atoms with Gasteiger partial charge in [0.25, 0.3) is 0 Å². The highest BCUT2D eigenvalue weighted by molar-refractivity contribution is 8.04. The minimum atomic E-state index is 0.766. The van der Waals surface area contributed by atoms with Crippen molar-refractivity contribution in [2.24, 2.45) is 15.0 Å². The predicted octanol–water partition coefficient (Wildman–Crippen LogP) is 0.884. The average molecular weight is 201 g/mol. The van der Waals surface area contributed by atoms with Crippen LogP contribution in [0, 0.1) is 0 Å². The van der Waals surface area contributed by atoms with Crippen LogP contribution in [0.2, 0.25) is 0 Å². The van der Waals surface area contributed by atoms with E-state index in [4.69, 9.17) is 0 Å². The maximum atomic E-state index is 4.47. The van der Waals surface area contributed by atoms with Crippen molar-refractivity contribution in [1.82, 2.24) is 0 Å². The number of benzene rings is 1. The maximum absolute atomic E-state index is 4.47. The average Bonchev–Trinajstić information content (AvgIpc) is 2.58. The molecule has 0 N–H and O–H groups in total. The van der Waals surface area contributed by atoms with Crippen LogP contribution in [0.25, 0.3) is 0 Å². The maximum Gasteiger partial charge on any atom is 0.164 e. The van der Waals surface area contributed by atoms with Gasteiger partial charge in [-0.1, -0.05) is 23.9 Å². The lowest BCUT2D eigenvalue weighted by Gasteiger charge is -1.89.